The van der Waals surface area contributed by atoms with Gasteiger partial charge in [0, 0.05) is 0 Å². The Kier molecular flexibility index (Phi) is 4.98. The monoisotopic (exact) mass is 305 g/mol. The molecule has 5 nitrogen and oxygen atoms in total. The summed E-state index contributed by atoms with van der Waals surface area (Å²) in [4.78, 5) is 29.6. The smallest absolute Gasteiger partial charge is 0.327 e. The van der Waals surface area contributed by atoms with Crippen LogP contribution in [0.15, 0.2) is 30.3 Å². The van der Waals surface area contributed by atoms with Crippen LogP contribution in [0.2, 0.25) is 0 Å². The number of benzene rings is 1. The third kappa shape index (κ3) is 3.93. The number of esters is 1. The topological polar surface area (TPSA) is 55.8 Å². The predicted molar refractivity (Wildman–Crippen MR) is 81.7 cm³/mol. The van der Waals surface area contributed by atoms with E-state index in [9.17, 15) is 9.59 Å². The molecular formula is C17H23NO4. The standard InChI is InChI=1S/C17H23NO4/c1-12-14(11-19)15(16(20)21-17(2,3)4)18(22-12)10-13-8-6-5-7-9-13/h5-9,11-12,14-15H,10H2,1-4H3/t12-,14-,15-/m1/s1. The van der Waals surface area contributed by atoms with Gasteiger partial charge >= 0.3 is 5.97 Å². The van der Waals surface area contributed by atoms with Crippen molar-refractivity contribution in [3.05, 3.63) is 35.9 Å². The van der Waals surface area contributed by atoms with Gasteiger partial charge in [-0.15, -0.1) is 0 Å². The molecule has 2 rings (SSSR count). The van der Waals surface area contributed by atoms with Gasteiger partial charge in [0.25, 0.3) is 0 Å². The number of aldehydes is 1. The van der Waals surface area contributed by atoms with E-state index in [-0.39, 0.29) is 6.10 Å². The van der Waals surface area contributed by atoms with Crippen molar-refractivity contribution < 1.29 is 19.2 Å². The number of hydroxylamine groups is 2. The Morgan fingerprint density at radius 2 is 1.95 bits per heavy atom. The second kappa shape index (κ2) is 6.58. The lowest BCUT2D eigenvalue weighted by molar-refractivity contribution is -0.190. The molecule has 0 aromatic heterocycles. The Bertz CT molecular complexity index is 523. The summed E-state index contributed by atoms with van der Waals surface area (Å²) in [5, 5.41) is 1.56. The van der Waals surface area contributed by atoms with E-state index in [2.05, 4.69) is 0 Å². The molecular weight excluding hydrogens is 282 g/mol. The predicted octanol–water partition coefficient (Wildman–Crippen LogP) is 2.35. The molecule has 0 aliphatic carbocycles. The average molecular weight is 305 g/mol. The number of rotatable bonds is 4. The maximum atomic E-state index is 12.5. The van der Waals surface area contributed by atoms with Gasteiger partial charge in [-0.05, 0) is 33.3 Å². The molecule has 3 atom stereocenters. The quantitative estimate of drug-likeness (QED) is 0.631. The molecule has 0 bridgehead atoms. The van der Waals surface area contributed by atoms with Crippen molar-refractivity contribution >= 4 is 12.3 Å². The molecule has 1 heterocycles. The van der Waals surface area contributed by atoms with Gasteiger partial charge in [-0.3, -0.25) is 9.63 Å². The molecule has 5 heteroatoms. The Morgan fingerprint density at radius 1 is 1.32 bits per heavy atom. The fraction of sp³-hybridized carbons (Fsp3) is 0.529. The fourth-order valence-electron chi connectivity index (χ4n) is 2.52. The summed E-state index contributed by atoms with van der Waals surface area (Å²) in [5.74, 6) is -0.955. The number of nitrogens with zero attached hydrogens (tertiary/aromatic N) is 1. The highest BCUT2D eigenvalue weighted by atomic mass is 16.7. The molecule has 0 amide bonds. The van der Waals surface area contributed by atoms with Crippen molar-refractivity contribution in [3.63, 3.8) is 0 Å². The van der Waals surface area contributed by atoms with Crippen LogP contribution in [0.25, 0.3) is 0 Å². The van der Waals surface area contributed by atoms with Crippen molar-refractivity contribution in [1.82, 2.24) is 5.06 Å². The van der Waals surface area contributed by atoms with Gasteiger partial charge in [0.1, 0.15) is 17.9 Å². The van der Waals surface area contributed by atoms with Crippen LogP contribution >= 0.6 is 0 Å². The van der Waals surface area contributed by atoms with Crippen LogP contribution in [0.3, 0.4) is 0 Å². The minimum Gasteiger partial charge on any atom is -0.459 e. The molecule has 0 radical (unpaired) electrons. The summed E-state index contributed by atoms with van der Waals surface area (Å²) in [7, 11) is 0. The zero-order valence-electron chi connectivity index (χ0n) is 13.5. The van der Waals surface area contributed by atoms with Gasteiger partial charge in [-0.1, -0.05) is 30.3 Å². The largest absolute Gasteiger partial charge is 0.459 e. The van der Waals surface area contributed by atoms with Crippen LogP contribution in [-0.2, 0) is 25.7 Å². The summed E-state index contributed by atoms with van der Waals surface area (Å²) in [5.41, 5.74) is 0.407. The van der Waals surface area contributed by atoms with Crippen molar-refractivity contribution in [2.24, 2.45) is 5.92 Å². The minimum atomic E-state index is -0.716. The third-order valence-corrected chi connectivity index (χ3v) is 3.51. The van der Waals surface area contributed by atoms with Gasteiger partial charge in [-0.25, -0.2) is 0 Å². The lowest BCUT2D eigenvalue weighted by atomic mass is 9.97. The van der Waals surface area contributed by atoms with E-state index in [0.29, 0.717) is 6.54 Å². The number of hydrogen-bond donors (Lipinski definition) is 0. The highest BCUT2D eigenvalue weighted by molar-refractivity contribution is 5.81. The van der Waals surface area contributed by atoms with E-state index in [1.165, 1.54) is 0 Å². The summed E-state index contributed by atoms with van der Waals surface area (Å²) in [6, 6.07) is 8.97. The lowest BCUT2D eigenvalue weighted by Crippen LogP contribution is -2.43. The number of carbonyl (C=O) groups is 2. The summed E-state index contributed by atoms with van der Waals surface area (Å²) >= 11 is 0. The summed E-state index contributed by atoms with van der Waals surface area (Å²) in [6.45, 7) is 7.64. The molecule has 1 aliphatic heterocycles. The molecule has 1 saturated heterocycles. The maximum absolute atomic E-state index is 12.5. The first-order valence-corrected chi connectivity index (χ1v) is 7.47. The van der Waals surface area contributed by atoms with Gasteiger partial charge in [0.15, 0.2) is 0 Å². The van der Waals surface area contributed by atoms with Gasteiger partial charge in [0.05, 0.1) is 18.6 Å². The highest BCUT2D eigenvalue weighted by Crippen LogP contribution is 2.29. The van der Waals surface area contributed by atoms with Crippen LogP contribution in [0.4, 0.5) is 0 Å². The van der Waals surface area contributed by atoms with Crippen molar-refractivity contribution in [2.45, 2.75) is 52.0 Å². The Balaban J connectivity index is 2.19. The number of hydrogen-bond acceptors (Lipinski definition) is 5. The Labute approximate surface area is 131 Å². The minimum absolute atomic E-state index is 0.348. The first-order valence-electron chi connectivity index (χ1n) is 7.47. The SMILES string of the molecule is C[C@H]1ON(Cc2ccccc2)[C@@H](C(=O)OC(C)(C)C)[C@@H]1C=O. The zero-order valence-corrected chi connectivity index (χ0v) is 13.5. The maximum Gasteiger partial charge on any atom is 0.327 e. The molecule has 22 heavy (non-hydrogen) atoms. The Morgan fingerprint density at radius 3 is 2.50 bits per heavy atom. The number of carbonyl (C=O) groups excluding carboxylic acids is 2. The molecule has 0 unspecified atom stereocenters. The van der Waals surface area contributed by atoms with Gasteiger partial charge in [0.2, 0.25) is 0 Å². The van der Waals surface area contributed by atoms with Crippen molar-refractivity contribution in [1.29, 1.82) is 0 Å². The van der Waals surface area contributed by atoms with Crippen LogP contribution in [-0.4, -0.2) is 35.1 Å². The molecule has 1 aliphatic rings. The van der Waals surface area contributed by atoms with Crippen LogP contribution in [0.5, 0.6) is 0 Å². The Hall–Kier alpha value is -1.72. The number of ether oxygens (including phenoxy) is 1. The lowest BCUT2D eigenvalue weighted by Gasteiger charge is -2.27. The van der Waals surface area contributed by atoms with Crippen LogP contribution < -0.4 is 0 Å². The molecule has 1 aromatic rings. The molecule has 0 saturated carbocycles. The molecule has 0 spiro atoms. The van der Waals surface area contributed by atoms with E-state index in [4.69, 9.17) is 9.57 Å². The van der Waals surface area contributed by atoms with Crippen LogP contribution in [0.1, 0.15) is 33.3 Å². The van der Waals surface area contributed by atoms with E-state index in [1.807, 2.05) is 51.1 Å². The van der Waals surface area contributed by atoms with E-state index in [0.717, 1.165) is 11.8 Å². The average Bonchev–Trinajstić information content (AvgIpc) is 2.73. The van der Waals surface area contributed by atoms with Crippen molar-refractivity contribution in [2.75, 3.05) is 0 Å². The molecule has 1 aromatic carbocycles. The summed E-state index contributed by atoms with van der Waals surface area (Å²) in [6.07, 6.45) is 0.434. The van der Waals surface area contributed by atoms with Gasteiger partial charge in [-0.2, -0.15) is 5.06 Å². The second-order valence-corrected chi connectivity index (χ2v) is 6.56. The first-order chi connectivity index (χ1) is 10.3. The summed E-state index contributed by atoms with van der Waals surface area (Å²) < 4.78 is 5.45. The van der Waals surface area contributed by atoms with Crippen molar-refractivity contribution in [3.8, 4) is 0 Å². The molecule has 120 valence electrons. The van der Waals surface area contributed by atoms with Gasteiger partial charge < -0.3 is 9.53 Å². The highest BCUT2D eigenvalue weighted by Gasteiger charge is 2.47. The molecule has 1 fully saturated rings. The zero-order chi connectivity index (χ0) is 16.3. The third-order valence-electron chi connectivity index (χ3n) is 3.51. The van der Waals surface area contributed by atoms with E-state index >= 15 is 0 Å². The second-order valence-electron chi connectivity index (χ2n) is 6.56. The van der Waals surface area contributed by atoms with E-state index < -0.39 is 23.5 Å². The fourth-order valence-corrected chi connectivity index (χ4v) is 2.52. The van der Waals surface area contributed by atoms with Crippen LogP contribution in [0, 0.1) is 5.92 Å². The van der Waals surface area contributed by atoms with E-state index in [1.54, 1.807) is 12.0 Å². The first kappa shape index (κ1) is 16.6. The molecule has 0 N–H and O–H groups in total. The normalized spacial score (nSPS) is 25.9.